The van der Waals surface area contributed by atoms with Crippen LogP contribution in [0.2, 0.25) is 0 Å². The summed E-state index contributed by atoms with van der Waals surface area (Å²) in [4.78, 5) is 22.1. The minimum Gasteiger partial charge on any atom is -0.478 e. The summed E-state index contributed by atoms with van der Waals surface area (Å²) in [5, 5.41) is 12.7. The molecule has 0 aliphatic carbocycles. The Bertz CT molecular complexity index is 517. The maximum Gasteiger partial charge on any atom is 0.390 e. The van der Waals surface area contributed by atoms with Gasteiger partial charge < -0.3 is 15.7 Å². The second kappa shape index (κ2) is 6.22. The van der Waals surface area contributed by atoms with Crippen molar-refractivity contribution in [3.63, 3.8) is 0 Å². The number of hydrogen-bond acceptors (Lipinski definition) is 2. The van der Waals surface area contributed by atoms with Crippen molar-refractivity contribution in [1.82, 2.24) is 5.32 Å². The molecule has 2 amide bonds. The number of amides is 2. The van der Waals surface area contributed by atoms with Crippen molar-refractivity contribution in [3.05, 3.63) is 29.6 Å². The fourth-order valence-electron chi connectivity index (χ4n) is 1.29. The predicted molar refractivity (Wildman–Crippen MR) is 61.1 cm³/mol. The van der Waals surface area contributed by atoms with Crippen LogP contribution in [0.15, 0.2) is 18.2 Å². The second-order valence-corrected chi connectivity index (χ2v) is 3.74. The number of urea groups is 1. The lowest BCUT2D eigenvalue weighted by Gasteiger charge is -2.11. The number of benzene rings is 1. The van der Waals surface area contributed by atoms with Crippen LogP contribution in [0.25, 0.3) is 0 Å². The van der Waals surface area contributed by atoms with E-state index in [9.17, 15) is 27.2 Å². The molecular weight excluding hydrogens is 284 g/mol. The molecule has 9 heteroatoms. The molecule has 0 aliphatic heterocycles. The largest absolute Gasteiger partial charge is 0.478 e. The van der Waals surface area contributed by atoms with Gasteiger partial charge in [0.05, 0.1) is 17.7 Å². The normalized spacial score (nSPS) is 11.0. The SMILES string of the molecule is O=C(NCCC(F)(F)F)Nc1cc(F)ccc1C(=O)O. The van der Waals surface area contributed by atoms with E-state index in [1.165, 1.54) is 0 Å². The smallest absolute Gasteiger partial charge is 0.390 e. The minimum atomic E-state index is -4.42. The summed E-state index contributed by atoms with van der Waals surface area (Å²) in [5.74, 6) is -2.20. The monoisotopic (exact) mass is 294 g/mol. The first-order valence-corrected chi connectivity index (χ1v) is 5.33. The molecule has 0 radical (unpaired) electrons. The minimum absolute atomic E-state index is 0.345. The van der Waals surface area contributed by atoms with Gasteiger partial charge in [0.25, 0.3) is 0 Å². The molecular formula is C11H10F4N2O3. The van der Waals surface area contributed by atoms with Crippen LogP contribution in [0.4, 0.5) is 28.0 Å². The number of carbonyl (C=O) groups is 2. The molecule has 110 valence electrons. The van der Waals surface area contributed by atoms with Crippen LogP contribution in [0.5, 0.6) is 0 Å². The maximum atomic E-state index is 13.0. The van der Waals surface area contributed by atoms with E-state index >= 15 is 0 Å². The zero-order chi connectivity index (χ0) is 15.3. The van der Waals surface area contributed by atoms with Crippen molar-refractivity contribution in [1.29, 1.82) is 0 Å². The van der Waals surface area contributed by atoms with E-state index < -0.39 is 37.0 Å². The van der Waals surface area contributed by atoms with Gasteiger partial charge in [-0.1, -0.05) is 0 Å². The molecule has 0 atom stereocenters. The van der Waals surface area contributed by atoms with E-state index in [-0.39, 0.29) is 11.3 Å². The van der Waals surface area contributed by atoms with Gasteiger partial charge in [0, 0.05) is 6.54 Å². The van der Waals surface area contributed by atoms with Gasteiger partial charge in [-0.15, -0.1) is 0 Å². The Kier molecular flexibility index (Phi) is 4.89. The molecule has 1 rings (SSSR count). The number of carbonyl (C=O) groups excluding carboxylic acids is 1. The highest BCUT2D eigenvalue weighted by Gasteiger charge is 2.26. The van der Waals surface area contributed by atoms with Crippen LogP contribution < -0.4 is 10.6 Å². The molecule has 1 aromatic rings. The van der Waals surface area contributed by atoms with Crippen molar-refractivity contribution >= 4 is 17.7 Å². The Morgan fingerprint density at radius 1 is 1.25 bits per heavy atom. The number of aromatic carboxylic acids is 1. The van der Waals surface area contributed by atoms with Gasteiger partial charge in [0.2, 0.25) is 0 Å². The number of alkyl halides is 3. The van der Waals surface area contributed by atoms with Crippen molar-refractivity contribution in [2.75, 3.05) is 11.9 Å². The zero-order valence-electron chi connectivity index (χ0n) is 9.92. The highest BCUT2D eigenvalue weighted by molar-refractivity contribution is 5.99. The van der Waals surface area contributed by atoms with Crippen LogP contribution in [-0.2, 0) is 0 Å². The first kappa shape index (κ1) is 15.7. The van der Waals surface area contributed by atoms with Crippen molar-refractivity contribution in [3.8, 4) is 0 Å². The Morgan fingerprint density at radius 2 is 1.90 bits per heavy atom. The van der Waals surface area contributed by atoms with E-state index in [4.69, 9.17) is 5.11 Å². The van der Waals surface area contributed by atoms with Gasteiger partial charge in [-0.2, -0.15) is 13.2 Å². The summed E-state index contributed by atoms with van der Waals surface area (Å²) in [7, 11) is 0. The quantitative estimate of drug-likeness (QED) is 0.747. The molecule has 0 spiro atoms. The molecule has 0 saturated heterocycles. The highest BCUT2D eigenvalue weighted by Crippen LogP contribution is 2.19. The Balaban J connectivity index is 2.66. The summed E-state index contributed by atoms with van der Waals surface area (Å²) in [6, 6.07) is 1.52. The Labute approximate surface area is 110 Å². The Hall–Kier alpha value is -2.32. The van der Waals surface area contributed by atoms with Crippen molar-refractivity contribution in [2.45, 2.75) is 12.6 Å². The lowest BCUT2D eigenvalue weighted by atomic mass is 10.2. The van der Waals surface area contributed by atoms with Gasteiger partial charge in [-0.25, -0.2) is 14.0 Å². The molecule has 0 heterocycles. The third-order valence-corrected chi connectivity index (χ3v) is 2.15. The van der Waals surface area contributed by atoms with Gasteiger partial charge in [-0.3, -0.25) is 0 Å². The number of nitrogens with one attached hydrogen (secondary N) is 2. The number of carboxylic acids is 1. The second-order valence-electron chi connectivity index (χ2n) is 3.74. The third-order valence-electron chi connectivity index (χ3n) is 2.15. The van der Waals surface area contributed by atoms with Gasteiger partial charge >= 0.3 is 18.2 Å². The number of carboxylic acid groups (broad SMARTS) is 1. The molecule has 0 bridgehead atoms. The van der Waals surface area contributed by atoms with E-state index in [0.717, 1.165) is 18.2 Å². The molecule has 0 aromatic heterocycles. The summed E-state index contributed by atoms with van der Waals surface area (Å²) >= 11 is 0. The predicted octanol–water partition coefficient (Wildman–Crippen LogP) is 2.60. The number of rotatable bonds is 4. The molecule has 0 aliphatic rings. The average Bonchev–Trinajstić information content (AvgIpc) is 2.26. The van der Waals surface area contributed by atoms with Crippen LogP contribution in [0.1, 0.15) is 16.8 Å². The van der Waals surface area contributed by atoms with Crippen molar-refractivity contribution in [2.24, 2.45) is 0 Å². The van der Waals surface area contributed by atoms with E-state index in [2.05, 4.69) is 0 Å². The standard InChI is InChI=1S/C11H10F4N2O3/c12-6-1-2-7(9(18)19)8(5-6)17-10(20)16-4-3-11(13,14)15/h1-2,5H,3-4H2,(H,18,19)(H2,16,17,20). The molecule has 5 nitrogen and oxygen atoms in total. The molecule has 0 fully saturated rings. The van der Waals surface area contributed by atoms with Gasteiger partial charge in [-0.05, 0) is 18.2 Å². The first-order valence-electron chi connectivity index (χ1n) is 5.33. The molecule has 0 unspecified atom stereocenters. The van der Waals surface area contributed by atoms with E-state index in [0.29, 0.717) is 0 Å². The molecule has 0 saturated carbocycles. The average molecular weight is 294 g/mol. The van der Waals surface area contributed by atoms with Crippen molar-refractivity contribution < 1.29 is 32.3 Å². The number of halogens is 4. The maximum absolute atomic E-state index is 13.0. The third kappa shape index (κ3) is 5.12. The van der Waals surface area contributed by atoms with Crippen LogP contribution >= 0.6 is 0 Å². The van der Waals surface area contributed by atoms with Gasteiger partial charge in [0.15, 0.2) is 0 Å². The lowest BCUT2D eigenvalue weighted by Crippen LogP contribution is -2.32. The van der Waals surface area contributed by atoms with Gasteiger partial charge in [0.1, 0.15) is 5.82 Å². The zero-order valence-corrected chi connectivity index (χ0v) is 9.92. The van der Waals surface area contributed by atoms with Crippen LogP contribution in [-0.4, -0.2) is 29.8 Å². The fourth-order valence-corrected chi connectivity index (χ4v) is 1.29. The summed E-state index contributed by atoms with van der Waals surface area (Å²) < 4.78 is 48.5. The molecule has 3 N–H and O–H groups in total. The summed E-state index contributed by atoms with van der Waals surface area (Å²) in [6.45, 7) is -0.674. The Morgan fingerprint density at radius 3 is 2.45 bits per heavy atom. The van der Waals surface area contributed by atoms with Crippen LogP contribution in [0, 0.1) is 5.82 Å². The summed E-state index contributed by atoms with van der Waals surface area (Å²) in [6.07, 6.45) is -5.65. The summed E-state index contributed by atoms with van der Waals surface area (Å²) in [5.41, 5.74) is -0.723. The fraction of sp³-hybridized carbons (Fsp3) is 0.273. The molecule has 20 heavy (non-hydrogen) atoms. The number of anilines is 1. The molecule has 1 aromatic carbocycles. The van der Waals surface area contributed by atoms with E-state index in [1.54, 1.807) is 0 Å². The lowest BCUT2D eigenvalue weighted by molar-refractivity contribution is -0.132. The van der Waals surface area contributed by atoms with Crippen LogP contribution in [0.3, 0.4) is 0 Å². The number of hydrogen-bond donors (Lipinski definition) is 3. The highest BCUT2D eigenvalue weighted by atomic mass is 19.4. The topological polar surface area (TPSA) is 78.4 Å². The first-order chi connectivity index (χ1) is 9.19. The van der Waals surface area contributed by atoms with E-state index in [1.807, 2.05) is 10.6 Å².